The third-order valence-electron chi connectivity index (χ3n) is 0.192. The van der Waals surface area contributed by atoms with Gasteiger partial charge in [-0.1, -0.05) is 18.7 Å². The van der Waals surface area contributed by atoms with Crippen molar-refractivity contribution in [3.63, 3.8) is 0 Å². The lowest BCUT2D eigenvalue weighted by Crippen LogP contribution is -1.69. The fraction of sp³-hybridized carbons (Fsp3) is 1.00. The zero-order valence-electron chi connectivity index (χ0n) is 3.39. The lowest BCUT2D eigenvalue weighted by atomic mass is 10.2. The molecule has 0 aromatic heterocycles. The molecule has 0 heterocycles. The van der Waals surface area contributed by atoms with E-state index < -0.39 is 0 Å². The van der Waals surface area contributed by atoms with E-state index in [-0.39, 0.29) is 0 Å². The molecule has 0 aromatic carbocycles. The van der Waals surface area contributed by atoms with Gasteiger partial charge < -0.3 is 4.18 Å². The van der Waals surface area contributed by atoms with Crippen molar-refractivity contribution < 1.29 is 4.18 Å². The summed E-state index contributed by atoms with van der Waals surface area (Å²) in [6.07, 6.45) is 0. The molecule has 0 fully saturated rings. The molecule has 0 atom stereocenters. The van der Waals surface area contributed by atoms with E-state index in [4.69, 9.17) is 0 Å². The van der Waals surface area contributed by atoms with Gasteiger partial charge in [-0.2, -0.15) is 0 Å². The monoisotopic (exact) mass is 89.0 g/mol. The Morgan fingerprint density at radius 1 is 1.80 bits per heavy atom. The number of hydrogen-bond acceptors (Lipinski definition) is 2. The van der Waals surface area contributed by atoms with E-state index >= 15 is 0 Å². The second-order valence-corrected chi connectivity index (χ2v) is 1.50. The normalized spacial score (nSPS) is 7.60. The third-order valence-corrected chi connectivity index (χ3v) is 0.577. The molecule has 0 aliphatic heterocycles. The molecular formula is C2H6BOS. The van der Waals surface area contributed by atoms with Gasteiger partial charge in [0, 0.05) is 7.11 Å². The fourth-order valence-electron chi connectivity index (χ4n) is 0.0962. The maximum Gasteiger partial charge on any atom is 0.227 e. The highest BCUT2D eigenvalue weighted by Gasteiger charge is 1.71. The zero-order valence-corrected chi connectivity index (χ0v) is 4.21. The Hall–Kier alpha value is 0.375. The first-order chi connectivity index (χ1) is 2.41. The van der Waals surface area contributed by atoms with Crippen molar-refractivity contribution in [2.45, 2.75) is 6.82 Å². The summed E-state index contributed by atoms with van der Waals surface area (Å²) >= 11 is 1.34. The summed E-state index contributed by atoms with van der Waals surface area (Å²) in [5.74, 6) is 0. The summed E-state index contributed by atoms with van der Waals surface area (Å²) in [7, 11) is 1.64. The van der Waals surface area contributed by atoms with Crippen LogP contribution in [0.5, 0.6) is 0 Å². The summed E-state index contributed by atoms with van der Waals surface area (Å²) in [5, 5.41) is 0. The smallest absolute Gasteiger partial charge is 0.227 e. The van der Waals surface area contributed by atoms with Crippen LogP contribution in [0.15, 0.2) is 0 Å². The molecule has 1 radical (unpaired) electrons. The average molecular weight is 88.9 g/mol. The quantitative estimate of drug-likeness (QED) is 0.368. The van der Waals surface area contributed by atoms with Gasteiger partial charge in [-0.3, -0.25) is 0 Å². The Labute approximate surface area is 37.4 Å². The Morgan fingerprint density at radius 2 is 2.40 bits per heavy atom. The highest BCUT2D eigenvalue weighted by molar-refractivity contribution is 8.18. The van der Waals surface area contributed by atoms with Crippen molar-refractivity contribution in [1.82, 2.24) is 0 Å². The molecule has 0 aliphatic rings. The van der Waals surface area contributed by atoms with Crippen LogP contribution in [0.3, 0.4) is 0 Å². The van der Waals surface area contributed by atoms with E-state index in [0.29, 0.717) is 0 Å². The molecule has 3 heteroatoms. The largest absolute Gasteiger partial charge is 0.331 e. The molecule has 1 nitrogen and oxygen atoms in total. The minimum Gasteiger partial charge on any atom is -0.331 e. The molecule has 5 heavy (non-hydrogen) atoms. The van der Waals surface area contributed by atoms with Gasteiger partial charge in [0.1, 0.15) is 0 Å². The minimum atomic E-state index is 1.34. The van der Waals surface area contributed by atoms with Crippen molar-refractivity contribution in [3.8, 4) is 0 Å². The number of hydrogen-bond donors (Lipinski definition) is 0. The van der Waals surface area contributed by atoms with Crippen molar-refractivity contribution in [1.29, 1.82) is 0 Å². The molecule has 29 valence electrons. The highest BCUT2D eigenvalue weighted by atomic mass is 32.2. The van der Waals surface area contributed by atoms with E-state index in [1.165, 1.54) is 11.9 Å². The Morgan fingerprint density at radius 3 is 2.40 bits per heavy atom. The van der Waals surface area contributed by atoms with Crippen LogP contribution in [0.4, 0.5) is 0 Å². The van der Waals surface area contributed by atoms with Gasteiger partial charge in [0.15, 0.2) is 0 Å². The minimum absolute atomic E-state index is 1.34. The Kier molecular flexibility index (Phi) is 4.70. The van der Waals surface area contributed by atoms with Crippen LogP contribution in [0.25, 0.3) is 0 Å². The fourth-order valence-corrected chi connectivity index (χ4v) is 0.289. The standard InChI is InChI=1S/C2H6BOS/c1-3-5-4-2/h1-2H3. The first kappa shape index (κ1) is 5.37. The van der Waals surface area contributed by atoms with Crippen molar-refractivity contribution >= 4 is 18.5 Å². The molecule has 0 amide bonds. The van der Waals surface area contributed by atoms with Crippen molar-refractivity contribution in [2.75, 3.05) is 7.11 Å². The van der Waals surface area contributed by atoms with Gasteiger partial charge in [0.05, 0.1) is 0 Å². The Bertz CT molecular complexity index is 17.1. The van der Waals surface area contributed by atoms with Crippen LogP contribution in [-0.4, -0.2) is 13.7 Å². The summed E-state index contributed by atoms with van der Waals surface area (Å²) in [6, 6.07) is 0. The SMILES string of the molecule is C[B]SOC. The van der Waals surface area contributed by atoms with Gasteiger partial charge in [0.2, 0.25) is 6.56 Å². The zero-order chi connectivity index (χ0) is 4.12. The molecule has 0 saturated carbocycles. The number of rotatable bonds is 2. The van der Waals surface area contributed by atoms with E-state index in [9.17, 15) is 0 Å². The van der Waals surface area contributed by atoms with Gasteiger partial charge in [-0.25, -0.2) is 0 Å². The van der Waals surface area contributed by atoms with Gasteiger partial charge >= 0.3 is 0 Å². The van der Waals surface area contributed by atoms with Crippen LogP contribution in [-0.2, 0) is 4.18 Å². The van der Waals surface area contributed by atoms with Crippen LogP contribution >= 0.6 is 11.9 Å². The van der Waals surface area contributed by atoms with Crippen molar-refractivity contribution in [3.05, 3.63) is 0 Å². The second kappa shape index (κ2) is 4.37. The van der Waals surface area contributed by atoms with Gasteiger partial charge in [0.25, 0.3) is 0 Å². The summed E-state index contributed by atoms with van der Waals surface area (Å²) in [5.41, 5.74) is 0. The van der Waals surface area contributed by atoms with Crippen LogP contribution in [0, 0.1) is 0 Å². The molecule has 0 unspecified atom stereocenters. The van der Waals surface area contributed by atoms with E-state index in [2.05, 4.69) is 4.18 Å². The Balaban J connectivity index is 2.19. The maximum absolute atomic E-state index is 4.55. The van der Waals surface area contributed by atoms with Crippen LogP contribution in [0.2, 0.25) is 6.82 Å². The molecule has 0 aliphatic carbocycles. The van der Waals surface area contributed by atoms with Crippen LogP contribution < -0.4 is 0 Å². The van der Waals surface area contributed by atoms with Crippen LogP contribution in [0.1, 0.15) is 0 Å². The maximum atomic E-state index is 4.55. The topological polar surface area (TPSA) is 9.23 Å². The third kappa shape index (κ3) is 4.37. The molecule has 0 rings (SSSR count). The van der Waals surface area contributed by atoms with Gasteiger partial charge in [-0.15, -0.1) is 0 Å². The molecular weight excluding hydrogens is 82.9 g/mol. The predicted molar refractivity (Wildman–Crippen MR) is 26.2 cm³/mol. The first-order valence-corrected chi connectivity index (χ1v) is 2.19. The highest BCUT2D eigenvalue weighted by Crippen LogP contribution is 1.91. The summed E-state index contributed by atoms with van der Waals surface area (Å²) in [6.45, 7) is 3.80. The second-order valence-electron chi connectivity index (χ2n) is 0.499. The molecule has 0 saturated heterocycles. The van der Waals surface area contributed by atoms with E-state index in [0.717, 1.165) is 0 Å². The van der Waals surface area contributed by atoms with E-state index in [1.54, 1.807) is 7.11 Å². The van der Waals surface area contributed by atoms with Crippen molar-refractivity contribution in [2.24, 2.45) is 0 Å². The average Bonchev–Trinajstić information content (AvgIpc) is 1.41. The first-order valence-electron chi connectivity index (χ1n) is 1.39. The predicted octanol–water partition coefficient (Wildman–Crippen LogP) is 0.948. The van der Waals surface area contributed by atoms with E-state index in [1.807, 2.05) is 13.4 Å². The summed E-state index contributed by atoms with van der Waals surface area (Å²) < 4.78 is 4.55. The lowest BCUT2D eigenvalue weighted by molar-refractivity contribution is 0.497. The molecule has 0 bridgehead atoms. The molecule has 0 N–H and O–H groups in total. The lowest BCUT2D eigenvalue weighted by Gasteiger charge is -1.81. The molecule has 0 aromatic rings. The summed E-state index contributed by atoms with van der Waals surface area (Å²) in [4.78, 5) is 0. The molecule has 0 spiro atoms. The van der Waals surface area contributed by atoms with Gasteiger partial charge in [-0.05, 0) is 0 Å².